The summed E-state index contributed by atoms with van der Waals surface area (Å²) in [7, 11) is 0. The molecular formula is C61H100O12. The zero-order valence-corrected chi connectivity index (χ0v) is 45.6. The third-order valence-electron chi connectivity index (χ3n) is 12.5. The number of hydrogen-bond donors (Lipinski definition) is 3. The van der Waals surface area contributed by atoms with E-state index in [1.165, 1.54) is 64.2 Å². The van der Waals surface area contributed by atoms with E-state index >= 15 is 0 Å². The maximum atomic E-state index is 13.1. The summed E-state index contributed by atoms with van der Waals surface area (Å²) in [6.07, 6.45) is 50.2. The molecule has 0 radical (unpaired) electrons. The van der Waals surface area contributed by atoms with Gasteiger partial charge in [-0.3, -0.25) is 14.4 Å². The standard InChI is InChI=1S/C61H100O12/c1-4-7-10-13-16-19-21-23-25-26-27-28-30-31-33-36-38-41-44-47-53(62)69-50-52(71-54(63)48-45-42-40-37-34-32-29-24-22-20-17-14-11-8-5-2)51-70-61-59(57(66)56(65)58(73-61)60(67)68)72-55(64)49-46-43-39-35-18-15-12-9-6-3/h7,10,16,19,23-25,27-29,31,33,38,41,52,56-59,61,65-66H,4-6,8-9,11-15,17-18,20-22,26,30,32,34-37,39-40,42-51H2,1-3H3,(H,67,68)/b10-7-,19-16-,25-23-,28-27-,29-24-,33-31-,41-38-. The molecule has 0 aliphatic carbocycles. The Morgan fingerprint density at radius 1 is 0.466 bits per heavy atom. The van der Waals surface area contributed by atoms with Gasteiger partial charge in [0.1, 0.15) is 18.8 Å². The summed E-state index contributed by atoms with van der Waals surface area (Å²) in [4.78, 5) is 50.9. The van der Waals surface area contributed by atoms with Crippen molar-refractivity contribution in [1.29, 1.82) is 0 Å². The van der Waals surface area contributed by atoms with Gasteiger partial charge in [-0.25, -0.2) is 4.79 Å². The van der Waals surface area contributed by atoms with Crippen LogP contribution in [-0.2, 0) is 42.9 Å². The zero-order chi connectivity index (χ0) is 53.3. The molecule has 0 aromatic heterocycles. The Balaban J connectivity index is 2.74. The van der Waals surface area contributed by atoms with Crippen molar-refractivity contribution < 1.29 is 58.2 Å². The average Bonchev–Trinajstić information content (AvgIpc) is 3.37. The minimum Gasteiger partial charge on any atom is -0.479 e. The van der Waals surface area contributed by atoms with Crippen molar-refractivity contribution in [2.45, 2.75) is 263 Å². The van der Waals surface area contributed by atoms with E-state index in [4.69, 9.17) is 23.7 Å². The van der Waals surface area contributed by atoms with Crippen LogP contribution in [0.1, 0.15) is 226 Å². The number of allylic oxidation sites excluding steroid dienone is 14. The monoisotopic (exact) mass is 1020 g/mol. The number of hydrogen-bond acceptors (Lipinski definition) is 11. The third-order valence-corrected chi connectivity index (χ3v) is 12.5. The molecule has 3 N–H and O–H groups in total. The molecule has 0 amide bonds. The van der Waals surface area contributed by atoms with Crippen LogP contribution in [-0.4, -0.2) is 89.2 Å². The first-order valence-electron chi connectivity index (χ1n) is 28.6. The Morgan fingerprint density at radius 3 is 1.37 bits per heavy atom. The van der Waals surface area contributed by atoms with Crippen LogP contribution in [0.15, 0.2) is 85.1 Å². The molecule has 6 unspecified atom stereocenters. The molecule has 1 rings (SSSR count). The molecule has 1 fully saturated rings. The van der Waals surface area contributed by atoms with E-state index < -0.39 is 67.3 Å². The molecule has 0 spiro atoms. The molecule has 1 saturated heterocycles. The van der Waals surface area contributed by atoms with Crippen LogP contribution in [0.2, 0.25) is 0 Å². The fraction of sp³-hybridized carbons (Fsp3) is 0.705. The lowest BCUT2D eigenvalue weighted by Crippen LogP contribution is -2.61. The van der Waals surface area contributed by atoms with Crippen molar-refractivity contribution in [1.82, 2.24) is 0 Å². The van der Waals surface area contributed by atoms with Gasteiger partial charge in [-0.15, -0.1) is 0 Å². The molecule has 0 bridgehead atoms. The molecule has 6 atom stereocenters. The highest BCUT2D eigenvalue weighted by Gasteiger charge is 2.50. The molecule has 416 valence electrons. The quantitative estimate of drug-likeness (QED) is 0.0228. The molecule has 1 aliphatic rings. The second-order valence-corrected chi connectivity index (χ2v) is 19.2. The smallest absolute Gasteiger partial charge is 0.335 e. The first-order valence-corrected chi connectivity index (χ1v) is 28.6. The number of aliphatic hydroxyl groups excluding tert-OH is 2. The summed E-state index contributed by atoms with van der Waals surface area (Å²) in [6.45, 7) is 5.76. The highest BCUT2D eigenvalue weighted by atomic mass is 16.7. The summed E-state index contributed by atoms with van der Waals surface area (Å²) < 4.78 is 28.2. The summed E-state index contributed by atoms with van der Waals surface area (Å²) in [5.74, 6) is -3.25. The normalized spacial score (nSPS) is 18.9. The fourth-order valence-electron chi connectivity index (χ4n) is 8.09. The van der Waals surface area contributed by atoms with Gasteiger partial charge in [0.25, 0.3) is 0 Å². The van der Waals surface area contributed by atoms with Gasteiger partial charge in [-0.05, 0) is 83.5 Å². The van der Waals surface area contributed by atoms with Crippen LogP contribution >= 0.6 is 0 Å². The maximum absolute atomic E-state index is 13.1. The van der Waals surface area contributed by atoms with Crippen molar-refractivity contribution in [2.24, 2.45) is 0 Å². The minimum absolute atomic E-state index is 0.0509. The van der Waals surface area contributed by atoms with Crippen LogP contribution < -0.4 is 0 Å². The highest BCUT2D eigenvalue weighted by molar-refractivity contribution is 5.74. The number of carboxylic acid groups (broad SMARTS) is 1. The summed E-state index contributed by atoms with van der Waals surface area (Å²) >= 11 is 0. The van der Waals surface area contributed by atoms with E-state index in [-0.39, 0.29) is 25.9 Å². The number of ether oxygens (including phenoxy) is 5. The number of aliphatic carboxylic acids is 1. The third kappa shape index (κ3) is 39.0. The van der Waals surface area contributed by atoms with E-state index in [1.54, 1.807) is 0 Å². The first-order chi connectivity index (χ1) is 35.6. The predicted octanol–water partition coefficient (Wildman–Crippen LogP) is 14.3. The molecule has 1 aliphatic heterocycles. The molecule has 0 aromatic carbocycles. The molecular weight excluding hydrogens is 925 g/mol. The van der Waals surface area contributed by atoms with Crippen LogP contribution in [0.4, 0.5) is 0 Å². The highest BCUT2D eigenvalue weighted by Crippen LogP contribution is 2.26. The van der Waals surface area contributed by atoms with Gasteiger partial charge in [0.15, 0.2) is 24.6 Å². The van der Waals surface area contributed by atoms with Gasteiger partial charge in [0.2, 0.25) is 0 Å². The Hall–Kier alpha value is -4.10. The Bertz CT molecular complexity index is 1590. The molecule has 0 aromatic rings. The minimum atomic E-state index is -1.91. The van der Waals surface area contributed by atoms with Crippen LogP contribution in [0.5, 0.6) is 0 Å². The van der Waals surface area contributed by atoms with Crippen LogP contribution in [0.3, 0.4) is 0 Å². The van der Waals surface area contributed by atoms with Crippen LogP contribution in [0, 0.1) is 0 Å². The lowest BCUT2D eigenvalue weighted by atomic mass is 9.98. The number of carbonyl (C=O) groups is 4. The topological polar surface area (TPSA) is 175 Å². The van der Waals surface area contributed by atoms with E-state index in [1.807, 2.05) is 12.2 Å². The van der Waals surface area contributed by atoms with E-state index in [2.05, 4.69) is 93.7 Å². The molecule has 1 heterocycles. The zero-order valence-electron chi connectivity index (χ0n) is 45.6. The first kappa shape index (κ1) is 66.9. The summed E-state index contributed by atoms with van der Waals surface area (Å²) in [5, 5.41) is 31.3. The van der Waals surface area contributed by atoms with Crippen molar-refractivity contribution in [3.8, 4) is 0 Å². The molecule has 12 heteroatoms. The van der Waals surface area contributed by atoms with Crippen molar-refractivity contribution in [2.75, 3.05) is 13.2 Å². The van der Waals surface area contributed by atoms with Crippen molar-refractivity contribution >= 4 is 23.9 Å². The van der Waals surface area contributed by atoms with Crippen LogP contribution in [0.25, 0.3) is 0 Å². The second-order valence-electron chi connectivity index (χ2n) is 19.2. The fourth-order valence-corrected chi connectivity index (χ4v) is 8.09. The van der Waals surface area contributed by atoms with Crippen molar-refractivity contribution in [3.05, 3.63) is 85.1 Å². The second kappa shape index (κ2) is 48.8. The molecule has 0 saturated carbocycles. The van der Waals surface area contributed by atoms with Crippen molar-refractivity contribution in [3.63, 3.8) is 0 Å². The summed E-state index contributed by atoms with van der Waals surface area (Å²) in [6, 6.07) is 0. The SMILES string of the molecule is CC/C=C\C/C=C\C/C=C\C/C=C\C/C=C\C/C=C\CCC(=O)OCC(COC1OC(C(=O)O)C(O)C(O)C1OC(=O)CCCCCCCCCCC)OC(=O)CCCCCCC/C=C\CCCCCCCC. The van der Waals surface area contributed by atoms with Gasteiger partial charge in [0.05, 0.1) is 6.61 Å². The number of unbranched alkanes of at least 4 members (excludes halogenated alkanes) is 19. The predicted molar refractivity (Wildman–Crippen MR) is 294 cm³/mol. The van der Waals surface area contributed by atoms with E-state index in [9.17, 15) is 34.5 Å². The lowest BCUT2D eigenvalue weighted by molar-refractivity contribution is -0.301. The largest absolute Gasteiger partial charge is 0.479 e. The maximum Gasteiger partial charge on any atom is 0.335 e. The number of carboxylic acids is 1. The molecule has 73 heavy (non-hydrogen) atoms. The van der Waals surface area contributed by atoms with E-state index in [0.29, 0.717) is 19.3 Å². The van der Waals surface area contributed by atoms with E-state index in [0.717, 1.165) is 103 Å². The average molecular weight is 1030 g/mol. The van der Waals surface area contributed by atoms with Gasteiger partial charge in [0, 0.05) is 19.3 Å². The Kier molecular flexibility index (Phi) is 44.7. The van der Waals surface area contributed by atoms with Gasteiger partial charge < -0.3 is 39.0 Å². The van der Waals surface area contributed by atoms with Gasteiger partial charge in [-0.1, -0.05) is 209 Å². The Labute approximate surface area is 441 Å². The number of esters is 3. The number of aliphatic hydroxyl groups is 2. The Morgan fingerprint density at radius 2 is 0.890 bits per heavy atom. The lowest BCUT2D eigenvalue weighted by Gasteiger charge is -2.40. The number of rotatable bonds is 47. The summed E-state index contributed by atoms with van der Waals surface area (Å²) in [5.41, 5.74) is 0. The number of carbonyl (C=O) groups excluding carboxylic acids is 3. The van der Waals surface area contributed by atoms with Gasteiger partial charge in [-0.2, -0.15) is 0 Å². The van der Waals surface area contributed by atoms with Gasteiger partial charge >= 0.3 is 23.9 Å². The molecule has 12 nitrogen and oxygen atoms in total.